The summed E-state index contributed by atoms with van der Waals surface area (Å²) in [6.45, 7) is 6.26. The van der Waals surface area contributed by atoms with Gasteiger partial charge < -0.3 is 4.74 Å². The number of nitrogens with two attached hydrogens (primary N) is 1. The third-order valence-corrected chi connectivity index (χ3v) is 4.62. The fourth-order valence-corrected chi connectivity index (χ4v) is 3.44. The lowest BCUT2D eigenvalue weighted by Gasteiger charge is -2.23. The van der Waals surface area contributed by atoms with Crippen molar-refractivity contribution in [2.75, 3.05) is 6.61 Å². The Kier molecular flexibility index (Phi) is 4.95. The number of primary sulfonamides is 1. The van der Waals surface area contributed by atoms with E-state index in [9.17, 15) is 8.42 Å². The van der Waals surface area contributed by atoms with E-state index >= 15 is 0 Å². The maximum absolute atomic E-state index is 11.5. The van der Waals surface area contributed by atoms with Crippen molar-refractivity contribution >= 4 is 10.0 Å². The number of hydrogen-bond donors (Lipinski definition) is 1. The van der Waals surface area contributed by atoms with Gasteiger partial charge in [0.25, 0.3) is 0 Å². The van der Waals surface area contributed by atoms with Gasteiger partial charge in [-0.15, -0.1) is 6.58 Å². The van der Waals surface area contributed by atoms with Gasteiger partial charge in [-0.05, 0) is 31.6 Å². The van der Waals surface area contributed by atoms with E-state index in [4.69, 9.17) is 9.88 Å². The lowest BCUT2D eigenvalue weighted by atomic mass is 9.98. The molecule has 0 aliphatic carbocycles. The molecule has 1 aliphatic heterocycles. The maximum Gasteiger partial charge on any atom is 0.212 e. The molecule has 1 saturated heterocycles. The van der Waals surface area contributed by atoms with E-state index in [0.717, 1.165) is 19.4 Å². The highest BCUT2D eigenvalue weighted by molar-refractivity contribution is 7.89. The minimum absolute atomic E-state index is 0.00306. The highest BCUT2D eigenvalue weighted by Gasteiger charge is 2.31. The van der Waals surface area contributed by atoms with Crippen LogP contribution in [0, 0.1) is 5.92 Å². The molecule has 0 amide bonds. The average molecular weight is 247 g/mol. The molecule has 1 unspecified atom stereocenters. The maximum atomic E-state index is 11.5. The summed E-state index contributed by atoms with van der Waals surface area (Å²) in [5.74, 6) is -0.00306. The van der Waals surface area contributed by atoms with Gasteiger partial charge in [0.2, 0.25) is 10.0 Å². The molecule has 3 atom stereocenters. The molecule has 16 heavy (non-hydrogen) atoms. The number of sulfonamides is 1. The van der Waals surface area contributed by atoms with Gasteiger partial charge in [0, 0.05) is 6.61 Å². The summed E-state index contributed by atoms with van der Waals surface area (Å²) in [5, 5.41) is 4.75. The molecule has 2 N–H and O–H groups in total. The van der Waals surface area contributed by atoms with Crippen molar-refractivity contribution in [1.29, 1.82) is 0 Å². The van der Waals surface area contributed by atoms with Gasteiger partial charge in [-0.25, -0.2) is 13.6 Å². The summed E-state index contributed by atoms with van der Waals surface area (Å²) in [5.41, 5.74) is 0. The van der Waals surface area contributed by atoms with Gasteiger partial charge in [-0.2, -0.15) is 0 Å². The lowest BCUT2D eigenvalue weighted by molar-refractivity contribution is 0.0996. The van der Waals surface area contributed by atoms with Crippen LogP contribution in [0.4, 0.5) is 0 Å². The van der Waals surface area contributed by atoms with E-state index in [1.54, 1.807) is 6.08 Å². The monoisotopic (exact) mass is 247 g/mol. The van der Waals surface area contributed by atoms with Gasteiger partial charge in [-0.1, -0.05) is 13.0 Å². The molecule has 4 nitrogen and oxygen atoms in total. The van der Waals surface area contributed by atoms with Crippen LogP contribution in [-0.2, 0) is 14.8 Å². The summed E-state index contributed by atoms with van der Waals surface area (Å²) < 4.78 is 28.5. The SMILES string of the molecule is C=CC[C@H](C)[C@H](CC1CCCO1)S(N)(=O)=O. The Labute approximate surface area is 97.9 Å². The summed E-state index contributed by atoms with van der Waals surface area (Å²) in [7, 11) is -3.50. The third-order valence-electron chi connectivity index (χ3n) is 3.11. The van der Waals surface area contributed by atoms with Crippen LogP contribution in [0.5, 0.6) is 0 Å². The van der Waals surface area contributed by atoms with Gasteiger partial charge in [0.1, 0.15) is 0 Å². The Morgan fingerprint density at radius 2 is 2.31 bits per heavy atom. The van der Waals surface area contributed by atoms with Crippen LogP contribution < -0.4 is 5.14 Å². The first kappa shape index (κ1) is 13.7. The molecule has 1 fully saturated rings. The van der Waals surface area contributed by atoms with Gasteiger partial charge in [-0.3, -0.25) is 0 Å². The molecule has 0 aromatic carbocycles. The van der Waals surface area contributed by atoms with Crippen molar-refractivity contribution < 1.29 is 13.2 Å². The Balaban J connectivity index is 2.66. The van der Waals surface area contributed by atoms with Gasteiger partial charge in [0.05, 0.1) is 11.4 Å². The number of hydrogen-bond acceptors (Lipinski definition) is 3. The predicted molar refractivity (Wildman–Crippen MR) is 64.5 cm³/mol. The molecule has 0 spiro atoms. The molecule has 1 heterocycles. The second kappa shape index (κ2) is 5.80. The Morgan fingerprint density at radius 3 is 2.75 bits per heavy atom. The Morgan fingerprint density at radius 1 is 1.62 bits per heavy atom. The van der Waals surface area contributed by atoms with Gasteiger partial charge in [0.15, 0.2) is 0 Å². The van der Waals surface area contributed by atoms with Crippen molar-refractivity contribution in [2.45, 2.75) is 44.0 Å². The zero-order valence-electron chi connectivity index (χ0n) is 9.76. The number of rotatable bonds is 6. The van der Waals surface area contributed by atoms with Crippen molar-refractivity contribution in [3.63, 3.8) is 0 Å². The fraction of sp³-hybridized carbons (Fsp3) is 0.818. The highest BCUT2D eigenvalue weighted by Crippen LogP contribution is 2.25. The fourth-order valence-electron chi connectivity index (χ4n) is 2.19. The third kappa shape index (κ3) is 3.88. The molecule has 0 aromatic heterocycles. The quantitative estimate of drug-likeness (QED) is 0.722. The molecule has 94 valence electrons. The van der Waals surface area contributed by atoms with Crippen LogP contribution in [0.25, 0.3) is 0 Å². The van der Waals surface area contributed by atoms with Crippen molar-refractivity contribution in [3.05, 3.63) is 12.7 Å². The molecule has 0 radical (unpaired) electrons. The van der Waals surface area contributed by atoms with Crippen LogP contribution in [0.1, 0.15) is 32.6 Å². The summed E-state index contributed by atoms with van der Waals surface area (Å²) in [6, 6.07) is 0. The normalized spacial score (nSPS) is 25.2. The molecular weight excluding hydrogens is 226 g/mol. The zero-order valence-corrected chi connectivity index (χ0v) is 10.6. The summed E-state index contributed by atoms with van der Waals surface area (Å²) >= 11 is 0. The molecular formula is C11H21NO3S. The van der Waals surface area contributed by atoms with E-state index < -0.39 is 15.3 Å². The topological polar surface area (TPSA) is 69.4 Å². The molecule has 0 aromatic rings. The molecule has 0 bridgehead atoms. The standard InChI is InChI=1S/C11H21NO3S/c1-3-5-9(2)11(16(12,13)14)8-10-6-4-7-15-10/h3,9-11H,1,4-8H2,2H3,(H2,12,13,14)/t9-,10?,11-/m0/s1. The summed E-state index contributed by atoms with van der Waals surface area (Å²) in [4.78, 5) is 0. The molecule has 1 aliphatic rings. The van der Waals surface area contributed by atoms with Gasteiger partial charge >= 0.3 is 0 Å². The van der Waals surface area contributed by atoms with Crippen LogP contribution in [-0.4, -0.2) is 26.4 Å². The first-order valence-electron chi connectivity index (χ1n) is 5.69. The zero-order chi connectivity index (χ0) is 12.2. The smallest absolute Gasteiger partial charge is 0.212 e. The first-order valence-corrected chi connectivity index (χ1v) is 7.30. The highest BCUT2D eigenvalue weighted by atomic mass is 32.2. The Bertz CT molecular complexity index is 320. The molecule has 1 rings (SSSR count). The Hall–Kier alpha value is -0.390. The summed E-state index contributed by atoms with van der Waals surface area (Å²) in [6.07, 6.45) is 4.90. The molecule has 0 saturated carbocycles. The van der Waals surface area contributed by atoms with Crippen molar-refractivity contribution in [1.82, 2.24) is 0 Å². The number of ether oxygens (including phenoxy) is 1. The van der Waals surface area contributed by atoms with E-state index in [0.29, 0.717) is 12.8 Å². The van der Waals surface area contributed by atoms with E-state index in [1.165, 1.54) is 0 Å². The number of allylic oxidation sites excluding steroid dienone is 1. The largest absolute Gasteiger partial charge is 0.378 e. The average Bonchev–Trinajstić information content (AvgIpc) is 2.64. The predicted octanol–water partition coefficient (Wildman–Crippen LogP) is 1.42. The van der Waals surface area contributed by atoms with Crippen molar-refractivity contribution in [3.8, 4) is 0 Å². The van der Waals surface area contributed by atoms with Crippen LogP contribution in [0.15, 0.2) is 12.7 Å². The first-order chi connectivity index (χ1) is 7.45. The van der Waals surface area contributed by atoms with E-state index in [2.05, 4.69) is 6.58 Å². The van der Waals surface area contributed by atoms with Crippen molar-refractivity contribution in [2.24, 2.45) is 11.1 Å². The lowest BCUT2D eigenvalue weighted by Crippen LogP contribution is -2.36. The van der Waals surface area contributed by atoms with E-state index in [1.807, 2.05) is 6.92 Å². The van der Waals surface area contributed by atoms with Crippen LogP contribution in [0.2, 0.25) is 0 Å². The second-order valence-electron chi connectivity index (χ2n) is 4.50. The minimum Gasteiger partial charge on any atom is -0.378 e. The van der Waals surface area contributed by atoms with E-state index in [-0.39, 0.29) is 12.0 Å². The van der Waals surface area contributed by atoms with Crippen LogP contribution >= 0.6 is 0 Å². The molecule has 5 heteroatoms. The van der Waals surface area contributed by atoms with Crippen LogP contribution in [0.3, 0.4) is 0 Å². The second-order valence-corrected chi connectivity index (χ2v) is 6.28. The minimum atomic E-state index is -3.50.